The maximum atomic E-state index is 14.6. The summed E-state index contributed by atoms with van der Waals surface area (Å²) in [7, 11) is 3.16. The number of rotatable bonds is 14. The molecule has 53 heavy (non-hydrogen) atoms. The maximum absolute atomic E-state index is 14.6. The predicted octanol–water partition coefficient (Wildman–Crippen LogP) is 4.92. The van der Waals surface area contributed by atoms with Crippen LogP contribution in [0.15, 0.2) is 77.9 Å². The molecule has 6 aromatic rings. The van der Waals surface area contributed by atoms with E-state index in [1.165, 1.54) is 6.33 Å². The number of nitrogens with two attached hydrogens (primary N) is 2. The Kier molecular flexibility index (Phi) is 11.3. The Morgan fingerprint density at radius 2 is 1.72 bits per heavy atom. The van der Waals surface area contributed by atoms with E-state index >= 15 is 0 Å². The fourth-order valence-corrected chi connectivity index (χ4v) is 6.62. The first-order chi connectivity index (χ1) is 25.7. The molecule has 0 atom stereocenters. The molecule has 1 amide bonds. The van der Waals surface area contributed by atoms with Crippen molar-refractivity contribution in [3.8, 4) is 28.8 Å². The van der Waals surface area contributed by atoms with Crippen LogP contribution < -0.4 is 17.0 Å². The third-order valence-corrected chi connectivity index (χ3v) is 9.73. The Balaban J connectivity index is 1.44. The first kappa shape index (κ1) is 37.0. The van der Waals surface area contributed by atoms with E-state index in [1.54, 1.807) is 72.0 Å². The second kappa shape index (κ2) is 16.2. The van der Waals surface area contributed by atoms with Crippen molar-refractivity contribution >= 4 is 45.3 Å². The monoisotopic (exact) mass is 734 g/mol. The number of anilines is 1. The number of ether oxygens (including phenoxy) is 2. The van der Waals surface area contributed by atoms with Crippen molar-refractivity contribution in [2.75, 3.05) is 33.2 Å². The first-order valence-electron chi connectivity index (χ1n) is 16.9. The molecule has 3 heterocycles. The number of phenolic OH excluding ortho intramolecular Hbond substituents is 1. The smallest absolute Gasteiger partial charge is 0.263 e. The molecule has 272 valence electrons. The van der Waals surface area contributed by atoms with Crippen molar-refractivity contribution in [3.05, 3.63) is 105 Å². The molecule has 0 fully saturated rings. The van der Waals surface area contributed by atoms with E-state index in [0.717, 1.165) is 5.56 Å². The van der Waals surface area contributed by atoms with Gasteiger partial charge in [-0.15, -0.1) is 0 Å². The zero-order chi connectivity index (χ0) is 37.5. The fourth-order valence-electron chi connectivity index (χ4n) is 6.42. The topological polar surface area (TPSA) is 186 Å². The zero-order valence-corrected chi connectivity index (χ0v) is 30.1. The molecular weight excluding hydrogens is 696 g/mol. The number of nitrogen functional groups attached to an aromatic ring is 1. The normalized spacial score (nSPS) is 11.5. The van der Waals surface area contributed by atoms with Crippen molar-refractivity contribution in [1.29, 1.82) is 0 Å². The molecule has 0 aliphatic heterocycles. The lowest BCUT2D eigenvalue weighted by Crippen LogP contribution is -2.39. The number of carbonyl (C=O) groups is 1. The lowest BCUT2D eigenvalue weighted by molar-refractivity contribution is -0.130. The third-order valence-electron chi connectivity index (χ3n) is 9.36. The Hall–Kier alpha value is -5.81. The summed E-state index contributed by atoms with van der Waals surface area (Å²) in [5.41, 5.74) is 14.2. The minimum absolute atomic E-state index is 0.0372. The summed E-state index contributed by atoms with van der Waals surface area (Å²) in [5.74, 6) is 6.58. The van der Waals surface area contributed by atoms with Crippen LogP contribution >= 0.6 is 11.6 Å². The molecule has 0 saturated carbocycles. The number of benzene rings is 3. The third kappa shape index (κ3) is 7.85. The zero-order valence-electron chi connectivity index (χ0n) is 29.4. The predicted molar refractivity (Wildman–Crippen MR) is 203 cm³/mol. The van der Waals surface area contributed by atoms with Crippen molar-refractivity contribution in [2.45, 2.75) is 38.8 Å². The number of aromatic nitrogens is 6. The van der Waals surface area contributed by atoms with Crippen molar-refractivity contribution < 1.29 is 19.4 Å². The first-order valence-corrected chi connectivity index (χ1v) is 17.3. The van der Waals surface area contributed by atoms with Gasteiger partial charge in [0.2, 0.25) is 5.91 Å². The van der Waals surface area contributed by atoms with Crippen LogP contribution in [0.4, 0.5) is 5.82 Å². The average Bonchev–Trinajstić information content (AvgIpc) is 3.52. The second-order valence-corrected chi connectivity index (χ2v) is 13.1. The number of nitrogens with zero attached hydrogens (tertiary/aromatic N) is 6. The summed E-state index contributed by atoms with van der Waals surface area (Å²) in [6.07, 6.45) is 2.99. The maximum Gasteiger partial charge on any atom is 0.263 e. The molecule has 3 aromatic heterocycles. The van der Waals surface area contributed by atoms with Crippen LogP contribution in [-0.2, 0) is 27.4 Å². The van der Waals surface area contributed by atoms with Crippen LogP contribution in [0, 0.1) is 17.3 Å². The fraction of sp³-hybridized carbons (Fsp3) is 0.282. The molecule has 0 bridgehead atoms. The van der Waals surface area contributed by atoms with Crippen LogP contribution in [0.5, 0.6) is 5.75 Å². The SMILES string of the molecule is COCCC(CCC#Cc1cccc2nc(Cn3nc(-c4cccc(O)c4)c4c(N)ncnc43)n(Cc3ccccc3Cl)c(=O)c12)(CCOC)C(N)=O. The molecule has 0 radical (unpaired) electrons. The van der Waals surface area contributed by atoms with E-state index in [1.807, 2.05) is 18.2 Å². The number of phenols is 1. The largest absolute Gasteiger partial charge is 0.508 e. The number of aromatic hydroxyl groups is 1. The van der Waals surface area contributed by atoms with Gasteiger partial charge in [0.25, 0.3) is 5.56 Å². The molecular formula is C39H39ClN8O5. The van der Waals surface area contributed by atoms with Gasteiger partial charge in [-0.3, -0.25) is 14.2 Å². The molecule has 13 nitrogen and oxygen atoms in total. The number of amides is 1. The Labute approximate surface area is 310 Å². The van der Waals surface area contributed by atoms with Gasteiger partial charge in [0.15, 0.2) is 5.65 Å². The highest BCUT2D eigenvalue weighted by Crippen LogP contribution is 2.33. The van der Waals surface area contributed by atoms with Gasteiger partial charge in [-0.2, -0.15) is 5.10 Å². The van der Waals surface area contributed by atoms with E-state index in [0.29, 0.717) is 88.5 Å². The Bertz CT molecular complexity index is 2410. The lowest BCUT2D eigenvalue weighted by atomic mass is 9.77. The highest BCUT2D eigenvalue weighted by molar-refractivity contribution is 6.31. The van der Waals surface area contributed by atoms with E-state index in [4.69, 9.17) is 42.6 Å². The van der Waals surface area contributed by atoms with Gasteiger partial charge in [-0.05, 0) is 55.2 Å². The standard InChI is InChI=1S/C39H39ClN8O5/c1-52-19-17-39(38(42)51,18-20-53-2)16-6-5-9-25-11-8-15-30-32(25)37(50)47(22-27-10-3-4-14-29(27)40)31(45-30)23-48-36-33(35(41)43-24-44-36)34(46-48)26-12-7-13-28(49)21-26/h3-4,7-8,10-15,21,24,49H,6,16-20,22-23H2,1-2H3,(H2,42,51)(H2,41,43,44). The molecule has 0 aliphatic rings. The summed E-state index contributed by atoms with van der Waals surface area (Å²) in [6.45, 7) is 0.895. The molecule has 0 aliphatic carbocycles. The summed E-state index contributed by atoms with van der Waals surface area (Å²) in [6, 6.07) is 19.3. The molecule has 3 aromatic carbocycles. The van der Waals surface area contributed by atoms with E-state index < -0.39 is 11.3 Å². The number of hydrogen-bond donors (Lipinski definition) is 3. The summed E-state index contributed by atoms with van der Waals surface area (Å²) < 4.78 is 13.7. The number of hydrogen-bond acceptors (Lipinski definition) is 10. The van der Waals surface area contributed by atoms with Gasteiger partial charge in [0, 0.05) is 50.0 Å². The number of carbonyl (C=O) groups excluding carboxylic acids is 1. The molecule has 14 heteroatoms. The van der Waals surface area contributed by atoms with Crippen LogP contribution in [0.25, 0.3) is 33.2 Å². The number of primary amides is 1. The number of halogens is 1. The number of methoxy groups -OCH3 is 2. The summed E-state index contributed by atoms with van der Waals surface area (Å²) in [5, 5.41) is 16.4. The van der Waals surface area contributed by atoms with E-state index in [9.17, 15) is 14.7 Å². The minimum atomic E-state index is -0.843. The lowest BCUT2D eigenvalue weighted by Gasteiger charge is -2.29. The molecule has 0 saturated heterocycles. The second-order valence-electron chi connectivity index (χ2n) is 12.7. The molecule has 0 spiro atoms. The van der Waals surface area contributed by atoms with Crippen molar-refractivity contribution in [2.24, 2.45) is 11.1 Å². The Morgan fingerprint density at radius 3 is 2.43 bits per heavy atom. The highest BCUT2D eigenvalue weighted by atomic mass is 35.5. The van der Waals surface area contributed by atoms with Gasteiger partial charge in [-0.25, -0.2) is 19.6 Å². The quantitative estimate of drug-likeness (QED) is 0.130. The van der Waals surface area contributed by atoms with E-state index in [-0.39, 0.29) is 30.2 Å². The Morgan fingerprint density at radius 1 is 0.962 bits per heavy atom. The van der Waals surface area contributed by atoms with Crippen LogP contribution in [0.1, 0.15) is 42.6 Å². The average molecular weight is 735 g/mol. The van der Waals surface area contributed by atoms with Gasteiger partial charge in [0.05, 0.1) is 28.2 Å². The van der Waals surface area contributed by atoms with Crippen LogP contribution in [-0.4, -0.2) is 67.7 Å². The highest BCUT2D eigenvalue weighted by Gasteiger charge is 2.35. The summed E-state index contributed by atoms with van der Waals surface area (Å²) in [4.78, 5) is 40.9. The summed E-state index contributed by atoms with van der Waals surface area (Å²) >= 11 is 6.60. The minimum Gasteiger partial charge on any atom is -0.508 e. The van der Waals surface area contributed by atoms with Gasteiger partial charge in [-0.1, -0.05) is 59.8 Å². The number of fused-ring (bicyclic) bond motifs is 2. The van der Waals surface area contributed by atoms with E-state index in [2.05, 4.69) is 21.8 Å². The van der Waals surface area contributed by atoms with Gasteiger partial charge >= 0.3 is 0 Å². The van der Waals surface area contributed by atoms with Crippen molar-refractivity contribution in [1.82, 2.24) is 29.3 Å². The van der Waals surface area contributed by atoms with Crippen LogP contribution in [0.2, 0.25) is 5.02 Å². The van der Waals surface area contributed by atoms with Crippen molar-refractivity contribution in [3.63, 3.8) is 0 Å². The molecule has 6 rings (SSSR count). The van der Waals surface area contributed by atoms with Gasteiger partial charge in [0.1, 0.15) is 36.0 Å². The molecule has 0 unspecified atom stereocenters. The van der Waals surface area contributed by atoms with Crippen LogP contribution in [0.3, 0.4) is 0 Å². The van der Waals surface area contributed by atoms with Gasteiger partial charge < -0.3 is 26.0 Å². The molecule has 5 N–H and O–H groups in total.